The van der Waals surface area contributed by atoms with Gasteiger partial charge in [0.1, 0.15) is 0 Å². The highest BCUT2D eigenvalue weighted by atomic mass is 16.5. The lowest BCUT2D eigenvalue weighted by molar-refractivity contribution is -0.139. The molecule has 5 nitrogen and oxygen atoms in total. The molecule has 0 atom stereocenters. The number of carbonyl (C=O) groups excluding carboxylic acids is 2. The molecule has 1 heterocycles. The number of ether oxygens (including phenoxy) is 2. The van der Waals surface area contributed by atoms with Gasteiger partial charge in [-0.05, 0) is 50.1 Å². The first kappa shape index (κ1) is 18.5. The molecule has 0 saturated heterocycles. The lowest BCUT2D eigenvalue weighted by Crippen LogP contribution is -2.16. The summed E-state index contributed by atoms with van der Waals surface area (Å²) in [5.74, 6) is -1.02. The van der Waals surface area contributed by atoms with Crippen LogP contribution in [0.1, 0.15) is 23.6 Å². The van der Waals surface area contributed by atoms with E-state index in [1.54, 1.807) is 13.0 Å². The van der Waals surface area contributed by atoms with Crippen molar-refractivity contribution < 1.29 is 19.1 Å². The highest BCUT2D eigenvalue weighted by molar-refractivity contribution is 6.26. The molecule has 1 N–H and O–H groups in total. The number of hydrogen-bond donors (Lipinski definition) is 1. The highest BCUT2D eigenvalue weighted by Crippen LogP contribution is 2.29. The van der Waals surface area contributed by atoms with Crippen molar-refractivity contribution in [2.75, 3.05) is 11.9 Å². The molecular weight excluding hydrogens is 342 g/mol. The Morgan fingerprint density at radius 2 is 1.89 bits per heavy atom. The largest absolute Gasteiger partial charge is 0.462 e. The molecule has 0 bridgehead atoms. The van der Waals surface area contributed by atoms with Gasteiger partial charge in [-0.2, -0.15) is 0 Å². The van der Waals surface area contributed by atoms with Crippen LogP contribution in [0.5, 0.6) is 0 Å². The molecule has 0 fully saturated rings. The van der Waals surface area contributed by atoms with Gasteiger partial charge in [0.05, 0.1) is 6.61 Å². The number of aryl methyl sites for hydroxylation is 2. The second kappa shape index (κ2) is 7.91. The molecule has 3 rings (SSSR count). The van der Waals surface area contributed by atoms with Gasteiger partial charge in [-0.1, -0.05) is 42.0 Å². The molecule has 0 aromatic heterocycles. The summed E-state index contributed by atoms with van der Waals surface area (Å²) >= 11 is 0. The van der Waals surface area contributed by atoms with E-state index in [-0.39, 0.29) is 23.8 Å². The summed E-state index contributed by atoms with van der Waals surface area (Å²) in [6.45, 7) is 5.79. The SMILES string of the molecule is CCOC(=O)C1=C(Nc2ccccc2)OC(=Cc2cc(C)ccc2C)C1=O. The molecule has 2 aromatic rings. The Bertz CT molecular complexity index is 942. The van der Waals surface area contributed by atoms with Crippen molar-refractivity contribution in [3.05, 3.63) is 82.4 Å². The van der Waals surface area contributed by atoms with Gasteiger partial charge in [-0.3, -0.25) is 4.79 Å². The van der Waals surface area contributed by atoms with E-state index in [9.17, 15) is 9.59 Å². The van der Waals surface area contributed by atoms with Gasteiger partial charge < -0.3 is 14.8 Å². The normalized spacial score (nSPS) is 15.1. The number of nitrogens with one attached hydrogen (secondary N) is 1. The Labute approximate surface area is 158 Å². The van der Waals surface area contributed by atoms with Crippen LogP contribution in [0.15, 0.2) is 65.7 Å². The number of hydrogen-bond acceptors (Lipinski definition) is 5. The van der Waals surface area contributed by atoms with Crippen LogP contribution in [-0.4, -0.2) is 18.4 Å². The molecule has 27 heavy (non-hydrogen) atoms. The van der Waals surface area contributed by atoms with Crippen LogP contribution in [0.4, 0.5) is 5.69 Å². The van der Waals surface area contributed by atoms with Crippen molar-refractivity contribution in [2.24, 2.45) is 0 Å². The van der Waals surface area contributed by atoms with E-state index < -0.39 is 11.8 Å². The first-order valence-corrected chi connectivity index (χ1v) is 8.74. The third-order valence-corrected chi connectivity index (χ3v) is 4.12. The highest BCUT2D eigenvalue weighted by Gasteiger charge is 2.37. The maximum absolute atomic E-state index is 12.8. The van der Waals surface area contributed by atoms with Crippen molar-refractivity contribution in [1.29, 1.82) is 0 Å². The summed E-state index contributed by atoms with van der Waals surface area (Å²) in [7, 11) is 0. The fourth-order valence-corrected chi connectivity index (χ4v) is 2.71. The van der Waals surface area contributed by atoms with Crippen LogP contribution in [0.3, 0.4) is 0 Å². The predicted molar refractivity (Wildman–Crippen MR) is 104 cm³/mol. The van der Waals surface area contributed by atoms with Crippen LogP contribution in [0.2, 0.25) is 0 Å². The van der Waals surface area contributed by atoms with E-state index >= 15 is 0 Å². The Balaban J connectivity index is 1.97. The molecule has 5 heteroatoms. The van der Waals surface area contributed by atoms with Crippen LogP contribution in [0.25, 0.3) is 6.08 Å². The topological polar surface area (TPSA) is 64.6 Å². The fraction of sp³-hybridized carbons (Fsp3) is 0.182. The van der Waals surface area contributed by atoms with E-state index in [1.807, 2.05) is 62.4 Å². The molecule has 1 aliphatic rings. The first-order chi connectivity index (χ1) is 13.0. The number of anilines is 1. The van der Waals surface area contributed by atoms with E-state index in [0.29, 0.717) is 5.69 Å². The summed E-state index contributed by atoms with van der Waals surface area (Å²) in [6.07, 6.45) is 1.66. The Morgan fingerprint density at radius 3 is 2.59 bits per heavy atom. The van der Waals surface area contributed by atoms with Gasteiger partial charge in [0.15, 0.2) is 11.3 Å². The van der Waals surface area contributed by atoms with Gasteiger partial charge in [0.25, 0.3) is 0 Å². The summed E-state index contributed by atoms with van der Waals surface area (Å²) in [6, 6.07) is 15.1. The molecule has 0 spiro atoms. The first-order valence-electron chi connectivity index (χ1n) is 8.74. The summed E-state index contributed by atoms with van der Waals surface area (Å²) in [5.41, 5.74) is 3.51. The van der Waals surface area contributed by atoms with E-state index in [4.69, 9.17) is 9.47 Å². The summed E-state index contributed by atoms with van der Waals surface area (Å²) < 4.78 is 10.8. The summed E-state index contributed by atoms with van der Waals surface area (Å²) in [4.78, 5) is 25.2. The maximum Gasteiger partial charge on any atom is 0.347 e. The number of benzene rings is 2. The van der Waals surface area contributed by atoms with Crippen LogP contribution >= 0.6 is 0 Å². The third kappa shape index (κ3) is 4.08. The molecule has 0 amide bonds. The minimum absolute atomic E-state index is 0.0845. The molecule has 0 saturated carbocycles. The molecule has 0 aliphatic carbocycles. The minimum atomic E-state index is -0.703. The predicted octanol–water partition coefficient (Wildman–Crippen LogP) is 4.13. The molecular formula is C22H21NO4. The van der Waals surface area contributed by atoms with Crippen molar-refractivity contribution in [1.82, 2.24) is 0 Å². The number of Topliss-reactive ketones (excluding diaryl/α,β-unsaturated/α-hetero) is 1. The number of ketones is 1. The van der Waals surface area contributed by atoms with Gasteiger partial charge in [0.2, 0.25) is 11.7 Å². The Morgan fingerprint density at radius 1 is 1.15 bits per heavy atom. The zero-order chi connectivity index (χ0) is 19.4. The molecule has 1 aliphatic heterocycles. The molecule has 138 valence electrons. The van der Waals surface area contributed by atoms with Gasteiger partial charge in [-0.15, -0.1) is 0 Å². The van der Waals surface area contributed by atoms with Crippen LogP contribution < -0.4 is 5.32 Å². The van der Waals surface area contributed by atoms with Crippen molar-refractivity contribution in [3.63, 3.8) is 0 Å². The van der Waals surface area contributed by atoms with Gasteiger partial charge >= 0.3 is 5.97 Å². The lowest BCUT2D eigenvalue weighted by atomic mass is 10.0. The average Bonchev–Trinajstić information content (AvgIpc) is 2.94. The molecule has 0 unspecified atom stereocenters. The van der Waals surface area contributed by atoms with Gasteiger partial charge in [0, 0.05) is 5.69 Å². The number of esters is 1. The van der Waals surface area contributed by atoms with E-state index in [0.717, 1.165) is 16.7 Å². The molecule has 0 radical (unpaired) electrons. The van der Waals surface area contributed by atoms with Crippen LogP contribution in [0, 0.1) is 13.8 Å². The van der Waals surface area contributed by atoms with Crippen molar-refractivity contribution in [2.45, 2.75) is 20.8 Å². The number of rotatable bonds is 5. The number of allylic oxidation sites excluding steroid dienone is 1. The minimum Gasteiger partial charge on any atom is -0.462 e. The second-order valence-electron chi connectivity index (χ2n) is 6.22. The number of carbonyl (C=O) groups is 2. The smallest absolute Gasteiger partial charge is 0.347 e. The maximum atomic E-state index is 12.8. The Kier molecular flexibility index (Phi) is 5.41. The zero-order valence-electron chi connectivity index (χ0n) is 15.5. The van der Waals surface area contributed by atoms with Crippen molar-refractivity contribution >= 4 is 23.5 Å². The third-order valence-electron chi connectivity index (χ3n) is 4.12. The molecule has 2 aromatic carbocycles. The van der Waals surface area contributed by atoms with Crippen molar-refractivity contribution in [3.8, 4) is 0 Å². The standard InChI is InChI=1S/C22H21NO4/c1-4-26-22(25)19-20(24)18(13-16-12-14(2)10-11-15(16)3)27-21(19)23-17-8-6-5-7-9-17/h5-13,23H,4H2,1-3H3. The lowest BCUT2D eigenvalue weighted by Gasteiger charge is -2.08. The quantitative estimate of drug-likeness (QED) is 0.492. The Hall–Kier alpha value is -3.34. The van der Waals surface area contributed by atoms with E-state index in [1.165, 1.54) is 0 Å². The van der Waals surface area contributed by atoms with Gasteiger partial charge in [-0.25, -0.2) is 4.79 Å². The fourth-order valence-electron chi connectivity index (χ4n) is 2.71. The van der Waals surface area contributed by atoms with Crippen LogP contribution in [-0.2, 0) is 19.1 Å². The number of para-hydroxylation sites is 1. The average molecular weight is 363 g/mol. The van der Waals surface area contributed by atoms with E-state index in [2.05, 4.69) is 5.32 Å². The second-order valence-corrected chi connectivity index (χ2v) is 6.22. The zero-order valence-corrected chi connectivity index (χ0v) is 15.5. The monoisotopic (exact) mass is 363 g/mol. The summed E-state index contributed by atoms with van der Waals surface area (Å²) in [5, 5.41) is 3.00.